The number of carbonyl (C=O) groups is 1. The van der Waals surface area contributed by atoms with Gasteiger partial charge in [0.25, 0.3) is 0 Å². The maximum Gasteiger partial charge on any atom is 0.136 e. The zero-order valence-electron chi connectivity index (χ0n) is 10.1. The predicted molar refractivity (Wildman–Crippen MR) is 62.5 cm³/mol. The Labute approximate surface area is 92.9 Å². The van der Waals surface area contributed by atoms with Crippen molar-refractivity contribution >= 4 is 5.78 Å². The molecule has 2 aliphatic rings. The van der Waals surface area contributed by atoms with E-state index in [1.807, 2.05) is 0 Å². The Morgan fingerprint density at radius 2 is 2.13 bits per heavy atom. The van der Waals surface area contributed by atoms with E-state index in [0.717, 1.165) is 31.1 Å². The Morgan fingerprint density at radius 1 is 1.40 bits per heavy atom. The SMILES string of the molecule is CC(C)[C@H]1CCC(=O)[C@H]2[C@@H]1CC=C[C@H]2C. The van der Waals surface area contributed by atoms with Crippen molar-refractivity contribution in [1.82, 2.24) is 0 Å². The molecule has 0 unspecified atom stereocenters. The Balaban J connectivity index is 2.23. The largest absolute Gasteiger partial charge is 0.299 e. The van der Waals surface area contributed by atoms with Gasteiger partial charge in [0.15, 0.2) is 0 Å². The molecule has 15 heavy (non-hydrogen) atoms. The lowest BCUT2D eigenvalue weighted by Gasteiger charge is -2.43. The third-order valence-electron chi connectivity index (χ3n) is 4.38. The van der Waals surface area contributed by atoms with Gasteiger partial charge < -0.3 is 0 Å². The molecule has 0 aromatic heterocycles. The van der Waals surface area contributed by atoms with Crippen molar-refractivity contribution in [3.05, 3.63) is 12.2 Å². The molecule has 1 fully saturated rings. The summed E-state index contributed by atoms with van der Waals surface area (Å²) >= 11 is 0. The first-order valence-electron chi connectivity index (χ1n) is 6.30. The van der Waals surface area contributed by atoms with E-state index in [1.165, 1.54) is 0 Å². The summed E-state index contributed by atoms with van der Waals surface area (Å²) in [6, 6.07) is 0. The number of hydrogen-bond acceptors (Lipinski definition) is 1. The summed E-state index contributed by atoms with van der Waals surface area (Å²) in [6.07, 6.45) is 7.60. The van der Waals surface area contributed by atoms with Crippen molar-refractivity contribution in [1.29, 1.82) is 0 Å². The fourth-order valence-corrected chi connectivity index (χ4v) is 3.60. The van der Waals surface area contributed by atoms with E-state index < -0.39 is 0 Å². The molecule has 0 aromatic carbocycles. The number of hydrogen-bond donors (Lipinski definition) is 0. The molecule has 0 heterocycles. The van der Waals surface area contributed by atoms with Crippen LogP contribution in [0.25, 0.3) is 0 Å². The number of ketones is 1. The fraction of sp³-hybridized carbons (Fsp3) is 0.786. The predicted octanol–water partition coefficient (Wildman–Crippen LogP) is 3.45. The van der Waals surface area contributed by atoms with E-state index in [4.69, 9.17) is 0 Å². The van der Waals surface area contributed by atoms with Gasteiger partial charge in [0.2, 0.25) is 0 Å². The summed E-state index contributed by atoms with van der Waals surface area (Å²) < 4.78 is 0. The van der Waals surface area contributed by atoms with Crippen LogP contribution in [0.3, 0.4) is 0 Å². The van der Waals surface area contributed by atoms with E-state index in [9.17, 15) is 4.79 Å². The van der Waals surface area contributed by atoms with Gasteiger partial charge in [-0.25, -0.2) is 0 Å². The van der Waals surface area contributed by atoms with E-state index in [0.29, 0.717) is 23.5 Å². The monoisotopic (exact) mass is 206 g/mol. The molecule has 0 saturated heterocycles. The highest BCUT2D eigenvalue weighted by molar-refractivity contribution is 5.82. The third kappa shape index (κ3) is 1.89. The molecule has 0 N–H and O–H groups in total. The quantitative estimate of drug-likeness (QED) is 0.601. The van der Waals surface area contributed by atoms with Crippen molar-refractivity contribution in [2.45, 2.75) is 40.0 Å². The van der Waals surface area contributed by atoms with Crippen LogP contribution in [0.5, 0.6) is 0 Å². The lowest BCUT2D eigenvalue weighted by Crippen LogP contribution is -2.41. The number of rotatable bonds is 1. The van der Waals surface area contributed by atoms with E-state index >= 15 is 0 Å². The van der Waals surface area contributed by atoms with E-state index in [1.54, 1.807) is 0 Å². The molecule has 1 heteroatoms. The molecule has 2 aliphatic carbocycles. The highest BCUT2D eigenvalue weighted by Crippen LogP contribution is 2.44. The van der Waals surface area contributed by atoms with Crippen LogP contribution >= 0.6 is 0 Å². The molecule has 0 radical (unpaired) electrons. The Kier molecular flexibility index (Phi) is 2.99. The molecule has 0 bridgehead atoms. The first kappa shape index (κ1) is 10.9. The van der Waals surface area contributed by atoms with Gasteiger partial charge in [-0.3, -0.25) is 4.79 Å². The summed E-state index contributed by atoms with van der Waals surface area (Å²) in [5.41, 5.74) is 0. The highest BCUT2D eigenvalue weighted by atomic mass is 16.1. The summed E-state index contributed by atoms with van der Waals surface area (Å²) in [5, 5.41) is 0. The topological polar surface area (TPSA) is 17.1 Å². The van der Waals surface area contributed by atoms with Crippen molar-refractivity contribution in [2.75, 3.05) is 0 Å². The highest BCUT2D eigenvalue weighted by Gasteiger charge is 2.42. The molecule has 0 aliphatic heterocycles. The van der Waals surface area contributed by atoms with Crippen molar-refractivity contribution < 1.29 is 4.79 Å². The summed E-state index contributed by atoms with van der Waals surface area (Å²) in [5.74, 6) is 3.44. The van der Waals surface area contributed by atoms with Gasteiger partial charge in [-0.15, -0.1) is 0 Å². The van der Waals surface area contributed by atoms with Crippen molar-refractivity contribution in [3.8, 4) is 0 Å². The van der Waals surface area contributed by atoms with Crippen LogP contribution in [0.15, 0.2) is 12.2 Å². The average Bonchev–Trinajstić information content (AvgIpc) is 2.17. The summed E-state index contributed by atoms with van der Waals surface area (Å²) in [4.78, 5) is 12.0. The molecule has 2 rings (SSSR count). The van der Waals surface area contributed by atoms with Crippen LogP contribution in [-0.2, 0) is 4.79 Å². The zero-order valence-corrected chi connectivity index (χ0v) is 10.1. The number of Topliss-reactive ketones (excluding diaryl/α,β-unsaturated/α-hetero) is 1. The summed E-state index contributed by atoms with van der Waals surface area (Å²) in [6.45, 7) is 6.81. The molecule has 0 aromatic rings. The second kappa shape index (κ2) is 4.11. The molecule has 84 valence electrons. The Morgan fingerprint density at radius 3 is 2.80 bits per heavy atom. The number of carbonyl (C=O) groups excluding carboxylic acids is 1. The fourth-order valence-electron chi connectivity index (χ4n) is 3.60. The summed E-state index contributed by atoms with van der Waals surface area (Å²) in [7, 11) is 0. The van der Waals surface area contributed by atoms with Gasteiger partial charge in [0.05, 0.1) is 0 Å². The molecule has 1 saturated carbocycles. The van der Waals surface area contributed by atoms with Gasteiger partial charge in [0, 0.05) is 12.3 Å². The average molecular weight is 206 g/mol. The molecule has 0 amide bonds. The molecular weight excluding hydrogens is 184 g/mol. The van der Waals surface area contributed by atoms with Crippen LogP contribution in [0, 0.1) is 29.6 Å². The van der Waals surface area contributed by atoms with Crippen LogP contribution in [0.1, 0.15) is 40.0 Å². The van der Waals surface area contributed by atoms with Crippen LogP contribution in [-0.4, -0.2) is 5.78 Å². The van der Waals surface area contributed by atoms with Gasteiger partial charge in [0.1, 0.15) is 5.78 Å². The number of fused-ring (bicyclic) bond motifs is 1. The van der Waals surface area contributed by atoms with Gasteiger partial charge in [-0.05, 0) is 36.5 Å². The Hall–Kier alpha value is -0.590. The first-order valence-corrected chi connectivity index (χ1v) is 6.30. The van der Waals surface area contributed by atoms with Crippen molar-refractivity contribution in [3.63, 3.8) is 0 Å². The minimum absolute atomic E-state index is 0.330. The number of allylic oxidation sites excluding steroid dienone is 2. The molecular formula is C14H22O. The van der Waals surface area contributed by atoms with E-state index in [2.05, 4.69) is 32.9 Å². The first-order chi connectivity index (χ1) is 7.11. The maximum atomic E-state index is 12.0. The maximum absolute atomic E-state index is 12.0. The zero-order chi connectivity index (χ0) is 11.0. The van der Waals surface area contributed by atoms with Gasteiger partial charge in [-0.2, -0.15) is 0 Å². The normalized spacial score (nSPS) is 40.7. The minimum Gasteiger partial charge on any atom is -0.299 e. The molecule has 4 atom stereocenters. The van der Waals surface area contributed by atoms with E-state index in [-0.39, 0.29) is 0 Å². The smallest absolute Gasteiger partial charge is 0.136 e. The van der Waals surface area contributed by atoms with Crippen LogP contribution in [0.2, 0.25) is 0 Å². The molecule has 0 spiro atoms. The molecule has 1 nitrogen and oxygen atoms in total. The third-order valence-corrected chi connectivity index (χ3v) is 4.38. The van der Waals surface area contributed by atoms with Crippen molar-refractivity contribution in [2.24, 2.45) is 29.6 Å². The minimum atomic E-state index is 0.330. The van der Waals surface area contributed by atoms with Crippen LogP contribution < -0.4 is 0 Å². The Bertz CT molecular complexity index is 277. The van der Waals surface area contributed by atoms with Gasteiger partial charge in [-0.1, -0.05) is 32.9 Å². The lowest BCUT2D eigenvalue weighted by molar-refractivity contribution is -0.131. The second-order valence-corrected chi connectivity index (χ2v) is 5.63. The van der Waals surface area contributed by atoms with Gasteiger partial charge >= 0.3 is 0 Å². The standard InChI is InChI=1S/C14H22O/c1-9(2)11-7-8-13(15)14-10(3)5-4-6-12(11)14/h4-5,9-12,14H,6-8H2,1-3H3/t10-,11-,12-,14-/m1/s1. The second-order valence-electron chi connectivity index (χ2n) is 5.63. The lowest BCUT2D eigenvalue weighted by atomic mass is 9.61. The van der Waals surface area contributed by atoms with Crippen LogP contribution in [0.4, 0.5) is 0 Å².